The van der Waals surface area contributed by atoms with Gasteiger partial charge < -0.3 is 0 Å². The van der Waals surface area contributed by atoms with Crippen molar-refractivity contribution >= 4 is 47.8 Å². The molecule has 242 valence electrons. The molecule has 0 saturated carbocycles. The first-order valence-corrected chi connectivity index (χ1v) is 15.8. The first kappa shape index (κ1) is 33.0. The molecule has 0 N–H and O–H groups in total. The molecule has 6 aromatic carbocycles. The van der Waals surface area contributed by atoms with Gasteiger partial charge in [-0.05, 0) is 34.4 Å². The minimum absolute atomic E-state index is 0.0833. The summed E-state index contributed by atoms with van der Waals surface area (Å²) >= 11 is 0. The van der Waals surface area contributed by atoms with Gasteiger partial charge in [-0.2, -0.15) is 0 Å². The molecule has 6 nitrogen and oxygen atoms in total. The Morgan fingerprint density at radius 2 is 0.700 bits per heavy atom. The summed E-state index contributed by atoms with van der Waals surface area (Å²) in [6, 6.07) is 45.7. The van der Waals surface area contributed by atoms with Crippen molar-refractivity contribution in [3.8, 4) is 0 Å². The van der Waals surface area contributed by atoms with E-state index in [1.54, 1.807) is 97.1 Å². The fourth-order valence-corrected chi connectivity index (χ4v) is 5.40. The van der Waals surface area contributed by atoms with E-state index in [9.17, 15) is 19.2 Å². The summed E-state index contributed by atoms with van der Waals surface area (Å²) in [7, 11) is 0. The number of benzene rings is 6. The Morgan fingerprint density at radius 1 is 0.360 bits per heavy atom. The maximum atomic E-state index is 13.8. The van der Waals surface area contributed by atoms with Gasteiger partial charge in [0, 0.05) is 22.3 Å². The summed E-state index contributed by atoms with van der Waals surface area (Å²) in [6.07, 6.45) is 7.14. The van der Waals surface area contributed by atoms with E-state index in [-0.39, 0.29) is 22.3 Å². The Labute approximate surface area is 289 Å². The van der Waals surface area contributed by atoms with E-state index in [2.05, 4.69) is 0 Å². The molecule has 6 rings (SSSR count). The van der Waals surface area contributed by atoms with E-state index in [1.807, 2.05) is 72.8 Å². The lowest BCUT2D eigenvalue weighted by atomic mass is 9.93. The Kier molecular flexibility index (Phi) is 10.4. The molecule has 6 aromatic rings. The zero-order valence-corrected chi connectivity index (χ0v) is 26.8. The van der Waals surface area contributed by atoms with Crippen LogP contribution < -0.4 is 0 Å². The molecule has 0 unspecified atom stereocenters. The van der Waals surface area contributed by atoms with Gasteiger partial charge in [-0.1, -0.05) is 170 Å². The molecule has 0 radical (unpaired) electrons. The van der Waals surface area contributed by atoms with Gasteiger partial charge in [-0.3, -0.25) is 9.59 Å². The molecule has 0 spiro atoms. The van der Waals surface area contributed by atoms with Crippen LogP contribution in [0.15, 0.2) is 158 Å². The largest absolute Gasteiger partial charge is 0.387 e. The maximum absolute atomic E-state index is 13.8. The molecule has 0 saturated heterocycles. The fraction of sp³-hybridized carbons (Fsp3) is 0. The average molecular weight is 655 g/mol. The number of hydrogen-bond donors (Lipinski definition) is 0. The Morgan fingerprint density at radius 3 is 1.06 bits per heavy atom. The van der Waals surface area contributed by atoms with Gasteiger partial charge >= 0.3 is 11.9 Å². The first-order valence-electron chi connectivity index (χ1n) is 15.8. The molecule has 0 aliphatic heterocycles. The van der Waals surface area contributed by atoms with Crippen LogP contribution in [-0.2, 0) is 9.78 Å². The second-order valence-electron chi connectivity index (χ2n) is 11.2. The second-order valence-corrected chi connectivity index (χ2v) is 11.2. The molecule has 0 heterocycles. The number of hydrogen-bond acceptors (Lipinski definition) is 6. The SMILES string of the molecule is O=C(OOC(=O)c1cccc(/C=C/c2ccccc2)c1C(=O)c1ccccc1)c1cccc(/C=C/c2ccccc2)c1C(=O)c1ccccc1. The molecule has 0 aromatic heterocycles. The van der Waals surface area contributed by atoms with E-state index < -0.39 is 23.5 Å². The van der Waals surface area contributed by atoms with Crippen molar-refractivity contribution in [3.05, 3.63) is 213 Å². The van der Waals surface area contributed by atoms with Crippen LogP contribution in [-0.4, -0.2) is 23.5 Å². The molecule has 0 fully saturated rings. The number of ketones is 2. The maximum Gasteiger partial charge on any atom is 0.387 e. The summed E-state index contributed by atoms with van der Waals surface area (Å²) in [6.45, 7) is 0. The molecule has 50 heavy (non-hydrogen) atoms. The molecule has 6 heteroatoms. The van der Waals surface area contributed by atoms with E-state index in [0.29, 0.717) is 22.3 Å². The molecule has 0 aliphatic rings. The third-order valence-corrected chi connectivity index (χ3v) is 7.86. The number of carbonyl (C=O) groups is 4. The minimum atomic E-state index is -1.05. The van der Waals surface area contributed by atoms with Crippen LogP contribution in [0, 0.1) is 0 Å². The van der Waals surface area contributed by atoms with Crippen LogP contribution in [0.25, 0.3) is 24.3 Å². The van der Waals surface area contributed by atoms with Crippen LogP contribution in [0.5, 0.6) is 0 Å². The van der Waals surface area contributed by atoms with Gasteiger partial charge in [0.1, 0.15) is 0 Å². The van der Waals surface area contributed by atoms with Crippen LogP contribution in [0.3, 0.4) is 0 Å². The summed E-state index contributed by atoms with van der Waals surface area (Å²) in [5, 5.41) is 0. The van der Waals surface area contributed by atoms with E-state index in [0.717, 1.165) is 11.1 Å². The van der Waals surface area contributed by atoms with Gasteiger partial charge in [0.2, 0.25) is 0 Å². The molecular weight excluding hydrogens is 624 g/mol. The van der Waals surface area contributed by atoms with Crippen molar-refractivity contribution in [2.45, 2.75) is 0 Å². The monoisotopic (exact) mass is 654 g/mol. The molecule has 0 bridgehead atoms. The summed E-state index contributed by atoms with van der Waals surface area (Å²) in [5.41, 5.74) is 3.44. The highest BCUT2D eigenvalue weighted by molar-refractivity contribution is 6.18. The van der Waals surface area contributed by atoms with Gasteiger partial charge in [0.25, 0.3) is 0 Å². The predicted octanol–water partition coefficient (Wildman–Crippen LogP) is 9.42. The summed E-state index contributed by atoms with van der Waals surface area (Å²) < 4.78 is 0. The fourth-order valence-electron chi connectivity index (χ4n) is 5.40. The van der Waals surface area contributed by atoms with Gasteiger partial charge in [-0.25, -0.2) is 19.4 Å². The van der Waals surface area contributed by atoms with E-state index >= 15 is 0 Å². The topological polar surface area (TPSA) is 86.7 Å². The van der Waals surface area contributed by atoms with Crippen LogP contribution in [0.1, 0.15) is 74.8 Å². The normalized spacial score (nSPS) is 11.0. The lowest BCUT2D eigenvalue weighted by molar-refractivity contribution is -0.187. The van der Waals surface area contributed by atoms with Crippen molar-refractivity contribution in [1.82, 2.24) is 0 Å². The van der Waals surface area contributed by atoms with Crippen LogP contribution in [0.4, 0.5) is 0 Å². The Balaban J connectivity index is 1.32. The summed E-state index contributed by atoms with van der Waals surface area (Å²) in [5.74, 6) is -2.93. The highest BCUT2D eigenvalue weighted by Gasteiger charge is 2.27. The average Bonchev–Trinajstić information content (AvgIpc) is 3.18. The van der Waals surface area contributed by atoms with Gasteiger partial charge in [0.05, 0.1) is 11.1 Å². The smallest absolute Gasteiger partial charge is 0.289 e. The lowest BCUT2D eigenvalue weighted by Crippen LogP contribution is -2.18. The van der Waals surface area contributed by atoms with E-state index in [1.165, 1.54) is 12.1 Å². The predicted molar refractivity (Wildman–Crippen MR) is 194 cm³/mol. The van der Waals surface area contributed by atoms with Crippen molar-refractivity contribution in [3.63, 3.8) is 0 Å². The molecule has 0 atom stereocenters. The van der Waals surface area contributed by atoms with Crippen molar-refractivity contribution < 1.29 is 29.0 Å². The van der Waals surface area contributed by atoms with Gasteiger partial charge in [-0.15, -0.1) is 0 Å². The Bertz CT molecular complexity index is 2040. The van der Waals surface area contributed by atoms with Crippen LogP contribution >= 0.6 is 0 Å². The summed E-state index contributed by atoms with van der Waals surface area (Å²) in [4.78, 5) is 65.0. The van der Waals surface area contributed by atoms with E-state index in [4.69, 9.17) is 9.78 Å². The van der Waals surface area contributed by atoms with Gasteiger partial charge in [0.15, 0.2) is 11.6 Å². The second kappa shape index (κ2) is 15.8. The van der Waals surface area contributed by atoms with Crippen LogP contribution in [0.2, 0.25) is 0 Å². The molecule has 0 aliphatic carbocycles. The highest BCUT2D eigenvalue weighted by atomic mass is 17.2. The van der Waals surface area contributed by atoms with Crippen molar-refractivity contribution in [2.75, 3.05) is 0 Å². The Hall–Kier alpha value is -6.92. The quantitative estimate of drug-likeness (QED) is 0.0633. The third kappa shape index (κ3) is 7.78. The third-order valence-electron chi connectivity index (χ3n) is 7.86. The minimum Gasteiger partial charge on any atom is -0.289 e. The van der Waals surface area contributed by atoms with Crippen molar-refractivity contribution in [1.29, 1.82) is 0 Å². The zero-order chi connectivity index (χ0) is 34.7. The lowest BCUT2D eigenvalue weighted by Gasteiger charge is -2.13. The zero-order valence-electron chi connectivity index (χ0n) is 26.8. The number of rotatable bonds is 10. The number of carbonyl (C=O) groups excluding carboxylic acids is 4. The highest BCUT2D eigenvalue weighted by Crippen LogP contribution is 2.25. The molecule has 0 amide bonds. The first-order chi connectivity index (χ1) is 24.5. The standard InChI is InChI=1S/C44H30O6/c45-41(35-19-9-3-10-20-35)39-33(29-27-31-15-5-1-6-16-31)23-13-25-37(39)43(47)49-50-44(48)38-26-14-24-34(30-28-32-17-7-2-8-18-32)40(38)42(46)36-21-11-4-12-22-36/h1-30H/b29-27+,30-28+. The van der Waals surface area contributed by atoms with Crippen molar-refractivity contribution in [2.24, 2.45) is 0 Å². The molecular formula is C44H30O6.